The van der Waals surface area contributed by atoms with Gasteiger partial charge in [-0.2, -0.15) is 0 Å². The van der Waals surface area contributed by atoms with Crippen LogP contribution in [-0.4, -0.2) is 96.2 Å². The second-order valence-corrected chi connectivity index (χ2v) is 11.9. The van der Waals surface area contributed by atoms with Gasteiger partial charge in [0.2, 0.25) is 5.43 Å². The number of hydrogen-bond donors (Lipinski definition) is 2. The quantitative estimate of drug-likeness (QED) is 0.210. The maximum absolute atomic E-state index is 14.9. The Kier molecular flexibility index (Phi) is 11.4. The Bertz CT molecular complexity index is 2090. The van der Waals surface area contributed by atoms with Gasteiger partial charge in [-0.25, -0.2) is 13.6 Å². The van der Waals surface area contributed by atoms with Crippen molar-refractivity contribution in [3.63, 3.8) is 0 Å². The molecule has 3 aliphatic rings. The van der Waals surface area contributed by atoms with Crippen LogP contribution in [0.5, 0.6) is 17.2 Å². The molecule has 12 nitrogen and oxygen atoms in total. The van der Waals surface area contributed by atoms with Gasteiger partial charge in [-0.05, 0) is 42.0 Å². The number of carboxylic acid groups (broad SMARTS) is 1. The molecule has 14 heteroatoms. The number of aromatic carboxylic acids is 1. The fourth-order valence-corrected chi connectivity index (χ4v) is 6.27. The first-order valence-corrected chi connectivity index (χ1v) is 16.6. The van der Waals surface area contributed by atoms with E-state index in [1.165, 1.54) is 13.2 Å². The molecular formula is C38H38F2N2O10. The van der Waals surface area contributed by atoms with Crippen molar-refractivity contribution in [3.8, 4) is 39.7 Å². The van der Waals surface area contributed by atoms with Crippen LogP contribution in [0.1, 0.15) is 10.4 Å². The van der Waals surface area contributed by atoms with Gasteiger partial charge in [0.1, 0.15) is 22.8 Å². The number of anilines is 2. The summed E-state index contributed by atoms with van der Waals surface area (Å²) in [6.07, 6.45) is 0. The van der Waals surface area contributed by atoms with Crippen molar-refractivity contribution in [1.29, 1.82) is 0 Å². The molecule has 0 atom stereocenters. The number of nitrogens with zero attached hydrogens (tertiary/aromatic N) is 2. The van der Waals surface area contributed by atoms with E-state index in [-0.39, 0.29) is 57.9 Å². The molecular weight excluding hydrogens is 682 g/mol. The van der Waals surface area contributed by atoms with E-state index in [2.05, 4.69) is 4.90 Å². The lowest BCUT2D eigenvalue weighted by atomic mass is 9.89. The molecule has 0 radical (unpaired) electrons. The molecule has 0 saturated carbocycles. The Morgan fingerprint density at radius 2 is 1.35 bits per heavy atom. The number of para-hydroxylation sites is 2. The SMILES string of the molecule is COc1ccccc1N1CCOCCOCCN(c2cc(-c3c4cc(F)c(=O)cc-4oc4cc(O)c(F)cc34)c(C(=O)O)cc2OC)CCOCC1. The average Bonchev–Trinajstić information content (AvgIpc) is 3.14. The zero-order valence-corrected chi connectivity index (χ0v) is 28.7. The van der Waals surface area contributed by atoms with Crippen LogP contribution in [0.3, 0.4) is 0 Å². The monoisotopic (exact) mass is 720 g/mol. The number of benzene rings is 4. The summed E-state index contributed by atoms with van der Waals surface area (Å²) < 4.78 is 64.7. The second kappa shape index (κ2) is 16.3. The van der Waals surface area contributed by atoms with E-state index in [0.717, 1.165) is 35.7 Å². The number of carbonyl (C=O) groups is 1. The summed E-state index contributed by atoms with van der Waals surface area (Å²) in [6.45, 7) is 3.89. The summed E-state index contributed by atoms with van der Waals surface area (Å²) in [4.78, 5) is 29.1. The van der Waals surface area contributed by atoms with Crippen LogP contribution in [0.2, 0.25) is 0 Å². The lowest BCUT2D eigenvalue weighted by Crippen LogP contribution is -2.33. The van der Waals surface area contributed by atoms with Gasteiger partial charge < -0.3 is 48.1 Å². The van der Waals surface area contributed by atoms with Crippen LogP contribution >= 0.6 is 0 Å². The predicted octanol–water partition coefficient (Wildman–Crippen LogP) is 5.64. The Morgan fingerprint density at radius 3 is 1.98 bits per heavy atom. The molecule has 52 heavy (non-hydrogen) atoms. The minimum Gasteiger partial charge on any atom is -0.505 e. The normalized spacial score (nSPS) is 15.3. The van der Waals surface area contributed by atoms with Crippen molar-refractivity contribution >= 4 is 28.3 Å². The minimum atomic E-state index is -1.34. The highest BCUT2D eigenvalue weighted by Crippen LogP contribution is 2.45. The highest BCUT2D eigenvalue weighted by atomic mass is 19.1. The lowest BCUT2D eigenvalue weighted by Gasteiger charge is -2.28. The Hall–Kier alpha value is -5.44. The van der Waals surface area contributed by atoms with E-state index in [9.17, 15) is 28.6 Å². The van der Waals surface area contributed by atoms with Gasteiger partial charge in [-0.15, -0.1) is 0 Å². The fourth-order valence-electron chi connectivity index (χ4n) is 6.27. The standard InChI is InChI=1S/C38H38F2N2O10/c1-47-33-6-4-3-5-29(33)41-7-11-49-12-9-42(10-14-51-16-15-50-13-8-41)30-19-23(24(38(45)46)20-36(30)48-2)37-25-17-27(39)31(43)21-34(25)52-35-22-32(44)28(40)18-26(35)37/h3-6,17-22,43H,7-16H2,1-2H3,(H,45,46). The number of phenolic OH excluding ortho intramolecular Hbond substituents is 1. The van der Waals surface area contributed by atoms with Crippen molar-refractivity contribution in [3.05, 3.63) is 88.1 Å². The minimum absolute atomic E-state index is 0.0247. The van der Waals surface area contributed by atoms with Gasteiger partial charge in [0.05, 0.1) is 70.8 Å². The van der Waals surface area contributed by atoms with Crippen LogP contribution in [0.25, 0.3) is 33.4 Å². The van der Waals surface area contributed by atoms with Gasteiger partial charge in [0.15, 0.2) is 17.4 Å². The number of hydrogen-bond acceptors (Lipinski definition) is 11. The van der Waals surface area contributed by atoms with Crippen molar-refractivity contribution in [2.75, 3.05) is 89.8 Å². The molecule has 1 saturated heterocycles. The molecule has 2 aliphatic heterocycles. The van der Waals surface area contributed by atoms with Crippen LogP contribution < -0.4 is 24.7 Å². The summed E-state index contributed by atoms with van der Waals surface area (Å²) in [5, 5.41) is 20.6. The third-order valence-electron chi connectivity index (χ3n) is 8.82. The first-order chi connectivity index (χ1) is 25.2. The summed E-state index contributed by atoms with van der Waals surface area (Å²) in [5.74, 6) is -3.33. The predicted molar refractivity (Wildman–Crippen MR) is 190 cm³/mol. The number of fused-ring (bicyclic) bond motifs is 2. The molecule has 0 spiro atoms. The number of aromatic hydroxyl groups is 1. The second-order valence-electron chi connectivity index (χ2n) is 11.9. The van der Waals surface area contributed by atoms with Crippen LogP contribution in [0.15, 0.2) is 69.9 Å². The number of carboxylic acids is 1. The van der Waals surface area contributed by atoms with E-state index >= 15 is 0 Å². The van der Waals surface area contributed by atoms with Crippen molar-refractivity contribution < 1.29 is 51.9 Å². The highest BCUT2D eigenvalue weighted by molar-refractivity contribution is 6.08. The maximum atomic E-state index is 14.9. The zero-order chi connectivity index (χ0) is 36.8. The summed E-state index contributed by atoms with van der Waals surface area (Å²) in [5.41, 5.74) is 0.274. The average molecular weight is 721 g/mol. The maximum Gasteiger partial charge on any atom is 0.336 e. The van der Waals surface area contributed by atoms with Gasteiger partial charge in [-0.1, -0.05) is 12.1 Å². The van der Waals surface area contributed by atoms with Crippen LogP contribution in [0, 0.1) is 11.6 Å². The number of phenols is 1. The van der Waals surface area contributed by atoms with Crippen molar-refractivity contribution in [1.82, 2.24) is 0 Å². The third kappa shape index (κ3) is 7.73. The number of ether oxygens (including phenoxy) is 5. The van der Waals surface area contributed by atoms with Crippen LogP contribution in [0.4, 0.5) is 20.2 Å². The van der Waals surface area contributed by atoms with E-state index in [4.69, 9.17) is 28.1 Å². The molecule has 0 amide bonds. The number of halogens is 2. The summed E-state index contributed by atoms with van der Waals surface area (Å²) in [6, 6.07) is 14.4. The zero-order valence-electron chi connectivity index (χ0n) is 28.7. The first kappa shape index (κ1) is 36.4. The molecule has 6 rings (SSSR count). The molecule has 1 aliphatic carbocycles. The fraction of sp³-hybridized carbons (Fsp3) is 0.316. The lowest BCUT2D eigenvalue weighted by molar-refractivity contribution is 0.0530. The van der Waals surface area contributed by atoms with Gasteiger partial charge in [0.25, 0.3) is 0 Å². The van der Waals surface area contributed by atoms with E-state index in [1.54, 1.807) is 13.2 Å². The summed E-state index contributed by atoms with van der Waals surface area (Å²) in [7, 11) is 3.03. The largest absolute Gasteiger partial charge is 0.505 e. The van der Waals surface area contributed by atoms with Gasteiger partial charge in [0, 0.05) is 54.8 Å². The van der Waals surface area contributed by atoms with Crippen LogP contribution in [-0.2, 0) is 14.2 Å². The third-order valence-corrected chi connectivity index (χ3v) is 8.82. The molecule has 0 unspecified atom stereocenters. The van der Waals surface area contributed by atoms with E-state index < -0.39 is 28.8 Å². The number of rotatable bonds is 6. The summed E-state index contributed by atoms with van der Waals surface area (Å²) >= 11 is 0. The van der Waals surface area contributed by atoms with Crippen molar-refractivity contribution in [2.24, 2.45) is 0 Å². The Balaban J connectivity index is 1.41. The molecule has 2 heterocycles. The van der Waals surface area contributed by atoms with Gasteiger partial charge >= 0.3 is 5.97 Å². The Labute approximate surface area is 297 Å². The van der Waals surface area contributed by atoms with Crippen molar-refractivity contribution in [2.45, 2.75) is 0 Å². The first-order valence-electron chi connectivity index (χ1n) is 16.6. The molecule has 2 N–H and O–H groups in total. The topological polar surface area (TPSA) is 140 Å². The van der Waals surface area contributed by atoms with E-state index in [1.807, 2.05) is 29.2 Å². The molecule has 274 valence electrons. The Morgan fingerprint density at radius 1 is 0.731 bits per heavy atom. The molecule has 0 bridgehead atoms. The number of methoxy groups -OCH3 is 2. The molecule has 0 aromatic heterocycles. The molecule has 3 aromatic carbocycles. The van der Waals surface area contributed by atoms with Gasteiger partial charge in [-0.3, -0.25) is 4.79 Å². The molecule has 3 aromatic rings. The molecule has 1 fully saturated rings. The van der Waals surface area contributed by atoms with E-state index in [0.29, 0.717) is 58.3 Å². The smallest absolute Gasteiger partial charge is 0.336 e. The highest BCUT2D eigenvalue weighted by Gasteiger charge is 2.27.